The van der Waals surface area contributed by atoms with Crippen LogP contribution in [0.25, 0.3) is 11.1 Å². The molecule has 3 aromatic rings. The van der Waals surface area contributed by atoms with Crippen LogP contribution >= 0.6 is 0 Å². The molecule has 2 atom stereocenters. The van der Waals surface area contributed by atoms with Gasteiger partial charge >= 0.3 is 0 Å². The van der Waals surface area contributed by atoms with Crippen molar-refractivity contribution in [2.45, 2.75) is 38.4 Å². The minimum atomic E-state index is -0.696. The van der Waals surface area contributed by atoms with Crippen molar-refractivity contribution in [2.75, 3.05) is 23.4 Å². The van der Waals surface area contributed by atoms with Crippen LogP contribution in [0.4, 0.5) is 11.5 Å². The lowest BCUT2D eigenvalue weighted by molar-refractivity contribution is -0.117. The molecule has 0 spiro atoms. The van der Waals surface area contributed by atoms with E-state index < -0.39 is 6.04 Å². The number of aliphatic hydroxyl groups excluding tert-OH is 2. The van der Waals surface area contributed by atoms with Crippen molar-refractivity contribution in [1.82, 2.24) is 10.3 Å². The molecule has 1 aliphatic heterocycles. The fourth-order valence-electron chi connectivity index (χ4n) is 4.52. The molecule has 8 heteroatoms. The van der Waals surface area contributed by atoms with Gasteiger partial charge in [-0.2, -0.15) is 0 Å². The van der Waals surface area contributed by atoms with Crippen LogP contribution in [0.15, 0.2) is 66.9 Å². The van der Waals surface area contributed by atoms with Gasteiger partial charge in [0.05, 0.1) is 25.3 Å². The number of amides is 2. The molecule has 8 nitrogen and oxygen atoms in total. The third kappa shape index (κ3) is 5.34. The van der Waals surface area contributed by atoms with Gasteiger partial charge in [-0.05, 0) is 66.4 Å². The van der Waals surface area contributed by atoms with E-state index in [0.717, 1.165) is 34.6 Å². The normalized spacial score (nSPS) is 17.1. The first-order chi connectivity index (χ1) is 16.9. The van der Waals surface area contributed by atoms with E-state index in [-0.39, 0.29) is 37.1 Å². The summed E-state index contributed by atoms with van der Waals surface area (Å²) in [6.45, 7) is 2.97. The van der Waals surface area contributed by atoms with Crippen molar-refractivity contribution < 1.29 is 19.8 Å². The van der Waals surface area contributed by atoms with E-state index in [4.69, 9.17) is 0 Å². The number of fused-ring (bicyclic) bond motifs is 1. The highest BCUT2D eigenvalue weighted by molar-refractivity contribution is 5.95. The molecule has 0 radical (unpaired) electrons. The maximum Gasteiger partial charge on any atom is 0.251 e. The Morgan fingerprint density at radius 2 is 1.77 bits per heavy atom. The number of rotatable bonds is 7. The van der Waals surface area contributed by atoms with Crippen molar-refractivity contribution in [3.8, 4) is 11.1 Å². The molecule has 0 saturated heterocycles. The number of aromatic nitrogens is 1. The molecule has 0 fully saturated rings. The first kappa shape index (κ1) is 24.4. The zero-order valence-corrected chi connectivity index (χ0v) is 19.8. The summed E-state index contributed by atoms with van der Waals surface area (Å²) < 4.78 is 0. The van der Waals surface area contributed by atoms with Crippen LogP contribution in [0.2, 0.25) is 0 Å². The SMILES string of the molecule is CC(=O)N1c2ccc(-c3ccc(C(=O)NC(CO)CO)cc3)cc2[C@H](Nc2ccccn2)C[C@@H]1C. The Labute approximate surface area is 204 Å². The van der Waals surface area contributed by atoms with Crippen LogP contribution in [0.3, 0.4) is 0 Å². The molecular formula is C27H30N4O4. The molecule has 0 aliphatic carbocycles. The van der Waals surface area contributed by atoms with Gasteiger partial charge < -0.3 is 25.7 Å². The van der Waals surface area contributed by atoms with Gasteiger partial charge in [0.1, 0.15) is 5.82 Å². The highest BCUT2D eigenvalue weighted by Gasteiger charge is 2.32. The predicted octanol–water partition coefficient (Wildman–Crippen LogP) is 3.13. The third-order valence-corrected chi connectivity index (χ3v) is 6.26. The summed E-state index contributed by atoms with van der Waals surface area (Å²) in [5, 5.41) is 24.5. The van der Waals surface area contributed by atoms with Crippen LogP contribution in [0, 0.1) is 0 Å². The highest BCUT2D eigenvalue weighted by atomic mass is 16.3. The quantitative estimate of drug-likeness (QED) is 0.418. The van der Waals surface area contributed by atoms with Crippen LogP contribution in [0.5, 0.6) is 0 Å². The Balaban J connectivity index is 1.65. The second-order valence-electron chi connectivity index (χ2n) is 8.77. The minimum Gasteiger partial charge on any atom is -0.394 e. The molecule has 35 heavy (non-hydrogen) atoms. The van der Waals surface area contributed by atoms with Crippen LogP contribution in [-0.4, -0.2) is 52.3 Å². The van der Waals surface area contributed by atoms with Crippen LogP contribution < -0.4 is 15.5 Å². The predicted molar refractivity (Wildman–Crippen MR) is 135 cm³/mol. The number of aliphatic hydroxyl groups is 2. The zero-order chi connectivity index (χ0) is 24.9. The fourth-order valence-corrected chi connectivity index (χ4v) is 4.52. The number of anilines is 2. The van der Waals surface area contributed by atoms with Crippen molar-refractivity contribution in [3.05, 3.63) is 78.0 Å². The number of hydrogen-bond donors (Lipinski definition) is 4. The first-order valence-electron chi connectivity index (χ1n) is 11.7. The van der Waals surface area contributed by atoms with E-state index in [0.29, 0.717) is 5.56 Å². The molecule has 1 aromatic heterocycles. The summed E-state index contributed by atoms with van der Waals surface area (Å²) in [4.78, 5) is 31.1. The molecule has 0 bridgehead atoms. The molecule has 0 saturated carbocycles. The maximum absolute atomic E-state index is 12.4. The average Bonchev–Trinajstić information content (AvgIpc) is 2.87. The molecule has 0 unspecified atom stereocenters. The largest absolute Gasteiger partial charge is 0.394 e. The molecule has 2 amide bonds. The summed E-state index contributed by atoms with van der Waals surface area (Å²) in [5.41, 5.74) is 4.21. The number of nitrogens with one attached hydrogen (secondary N) is 2. The van der Waals surface area contributed by atoms with Crippen molar-refractivity contribution in [1.29, 1.82) is 0 Å². The van der Waals surface area contributed by atoms with E-state index in [2.05, 4.69) is 21.7 Å². The highest BCUT2D eigenvalue weighted by Crippen LogP contribution is 2.41. The monoisotopic (exact) mass is 474 g/mol. The van der Waals surface area contributed by atoms with Gasteiger partial charge in [-0.3, -0.25) is 9.59 Å². The number of carbonyl (C=O) groups excluding carboxylic acids is 2. The number of nitrogens with zero attached hydrogens (tertiary/aromatic N) is 2. The van der Waals surface area contributed by atoms with E-state index in [9.17, 15) is 19.8 Å². The summed E-state index contributed by atoms with van der Waals surface area (Å²) in [7, 11) is 0. The Kier molecular flexibility index (Phi) is 7.43. The van der Waals surface area contributed by atoms with E-state index in [1.807, 2.05) is 54.3 Å². The molecule has 4 rings (SSSR count). The summed E-state index contributed by atoms with van der Waals surface area (Å²) in [6.07, 6.45) is 2.48. The molecular weight excluding hydrogens is 444 g/mol. The van der Waals surface area contributed by atoms with E-state index in [1.165, 1.54) is 0 Å². The van der Waals surface area contributed by atoms with Crippen molar-refractivity contribution in [2.24, 2.45) is 0 Å². The Morgan fingerprint density at radius 3 is 2.40 bits per heavy atom. The second kappa shape index (κ2) is 10.7. The smallest absolute Gasteiger partial charge is 0.251 e. The lowest BCUT2D eigenvalue weighted by Crippen LogP contribution is -2.43. The second-order valence-corrected chi connectivity index (χ2v) is 8.77. The van der Waals surface area contributed by atoms with Gasteiger partial charge in [-0.15, -0.1) is 0 Å². The Morgan fingerprint density at radius 1 is 1.06 bits per heavy atom. The van der Waals surface area contributed by atoms with Crippen LogP contribution in [-0.2, 0) is 4.79 Å². The van der Waals surface area contributed by atoms with Crippen molar-refractivity contribution in [3.63, 3.8) is 0 Å². The standard InChI is InChI=1S/C27H30N4O4/c1-17-13-24(30-26-5-3-4-12-28-26)23-14-21(10-11-25(23)31(17)18(2)34)19-6-8-20(9-7-19)27(35)29-22(15-32)16-33/h3-12,14,17,22,24,32-33H,13,15-16H2,1-2H3,(H,28,30)(H,29,35)/t17-,24+/m0/s1. The minimum absolute atomic E-state index is 0.00205. The molecule has 4 N–H and O–H groups in total. The van der Waals surface area contributed by atoms with Gasteiger partial charge in [0.2, 0.25) is 5.91 Å². The van der Waals surface area contributed by atoms with Gasteiger partial charge in [-0.1, -0.05) is 24.3 Å². The van der Waals surface area contributed by atoms with Crippen LogP contribution in [0.1, 0.15) is 42.2 Å². The summed E-state index contributed by atoms with van der Waals surface area (Å²) in [5.74, 6) is 0.416. The lowest BCUT2D eigenvalue weighted by Gasteiger charge is -2.39. The van der Waals surface area contributed by atoms with Gasteiger partial charge in [-0.25, -0.2) is 4.98 Å². The van der Waals surface area contributed by atoms with Gasteiger partial charge in [0.15, 0.2) is 0 Å². The zero-order valence-electron chi connectivity index (χ0n) is 19.8. The number of hydrogen-bond acceptors (Lipinski definition) is 6. The Hall–Kier alpha value is -3.75. The lowest BCUT2D eigenvalue weighted by atomic mass is 9.89. The molecule has 2 heterocycles. The number of carbonyl (C=O) groups is 2. The van der Waals surface area contributed by atoms with Gasteiger partial charge in [0.25, 0.3) is 5.91 Å². The van der Waals surface area contributed by atoms with Gasteiger partial charge in [0, 0.05) is 30.4 Å². The third-order valence-electron chi connectivity index (χ3n) is 6.26. The molecule has 182 valence electrons. The summed E-state index contributed by atoms with van der Waals surface area (Å²) >= 11 is 0. The maximum atomic E-state index is 12.4. The van der Waals surface area contributed by atoms with E-state index in [1.54, 1.807) is 25.3 Å². The summed E-state index contributed by atoms with van der Waals surface area (Å²) in [6, 6.07) is 18.2. The topological polar surface area (TPSA) is 115 Å². The van der Waals surface area contributed by atoms with E-state index >= 15 is 0 Å². The molecule has 2 aromatic carbocycles. The average molecular weight is 475 g/mol. The molecule has 1 aliphatic rings. The van der Waals surface area contributed by atoms with Crippen molar-refractivity contribution >= 4 is 23.3 Å². The fraction of sp³-hybridized carbons (Fsp3) is 0.296. The Bertz CT molecular complexity index is 1180. The first-order valence-corrected chi connectivity index (χ1v) is 11.7. The number of benzene rings is 2. The number of pyridine rings is 1.